The molecule has 0 aliphatic rings. The van der Waals surface area contributed by atoms with Gasteiger partial charge in [-0.2, -0.15) is 0 Å². The molecule has 0 saturated carbocycles. The lowest BCUT2D eigenvalue weighted by Crippen LogP contribution is -2.44. The average molecular weight is 385 g/mol. The Morgan fingerprint density at radius 1 is 1.04 bits per heavy atom. The normalized spacial score (nSPS) is 11.2. The van der Waals surface area contributed by atoms with Crippen molar-refractivity contribution in [2.45, 2.75) is 25.5 Å². The van der Waals surface area contributed by atoms with E-state index in [2.05, 4.69) is 10.6 Å². The molecule has 0 aromatic heterocycles. The number of carbonyl (C=O) groups is 3. The molecule has 3 amide bonds. The molecule has 0 radical (unpaired) electrons. The van der Waals surface area contributed by atoms with Crippen molar-refractivity contribution in [3.63, 3.8) is 0 Å². The fourth-order valence-corrected chi connectivity index (χ4v) is 2.37. The lowest BCUT2D eigenvalue weighted by atomic mass is 10.1. The molecule has 28 heavy (non-hydrogen) atoms. The first-order valence-corrected chi connectivity index (χ1v) is 8.68. The number of hydrogen-bond acceptors (Lipinski definition) is 5. The van der Waals surface area contributed by atoms with E-state index in [0.29, 0.717) is 11.4 Å². The molecule has 0 unspecified atom stereocenters. The summed E-state index contributed by atoms with van der Waals surface area (Å²) in [5, 5.41) is 5.16. The van der Waals surface area contributed by atoms with E-state index in [1.165, 1.54) is 0 Å². The molecule has 0 aliphatic carbocycles. The molecule has 148 valence electrons. The van der Waals surface area contributed by atoms with Gasteiger partial charge in [0.15, 0.2) is 0 Å². The summed E-state index contributed by atoms with van der Waals surface area (Å²) in [6.07, 6.45) is -0.763. The Hall–Kier alpha value is -3.55. The van der Waals surface area contributed by atoms with E-state index >= 15 is 0 Å². The first-order chi connectivity index (χ1) is 13.5. The summed E-state index contributed by atoms with van der Waals surface area (Å²) in [7, 11) is 1.54. The first-order valence-electron chi connectivity index (χ1n) is 8.68. The van der Waals surface area contributed by atoms with Gasteiger partial charge in [-0.3, -0.25) is 9.59 Å². The van der Waals surface area contributed by atoms with E-state index in [1.54, 1.807) is 31.4 Å². The van der Waals surface area contributed by atoms with Crippen molar-refractivity contribution >= 4 is 23.6 Å². The minimum Gasteiger partial charge on any atom is -0.497 e. The van der Waals surface area contributed by atoms with Crippen molar-refractivity contribution < 1.29 is 23.9 Å². The van der Waals surface area contributed by atoms with E-state index in [9.17, 15) is 14.4 Å². The number of nitrogens with one attached hydrogen (secondary N) is 2. The lowest BCUT2D eigenvalue weighted by Gasteiger charge is -2.18. The summed E-state index contributed by atoms with van der Waals surface area (Å²) in [4.78, 5) is 35.7. The Bertz CT molecular complexity index is 793. The second kappa shape index (κ2) is 10.6. The van der Waals surface area contributed by atoms with Gasteiger partial charge in [-0.05, 0) is 36.2 Å². The van der Waals surface area contributed by atoms with Crippen LogP contribution in [0.3, 0.4) is 0 Å². The number of primary amides is 1. The largest absolute Gasteiger partial charge is 0.497 e. The Balaban J connectivity index is 1.95. The van der Waals surface area contributed by atoms with Crippen LogP contribution >= 0.6 is 0 Å². The molecular weight excluding hydrogens is 362 g/mol. The molecule has 8 heteroatoms. The Labute approximate surface area is 163 Å². The van der Waals surface area contributed by atoms with Crippen LogP contribution in [-0.4, -0.2) is 31.1 Å². The van der Waals surface area contributed by atoms with E-state index in [-0.39, 0.29) is 19.4 Å². The zero-order valence-electron chi connectivity index (χ0n) is 15.5. The summed E-state index contributed by atoms with van der Waals surface area (Å²) in [6.45, 7) is 0.0648. The summed E-state index contributed by atoms with van der Waals surface area (Å²) in [6, 6.07) is 14.9. The van der Waals surface area contributed by atoms with Gasteiger partial charge in [-0.25, -0.2) is 4.79 Å². The quantitative estimate of drug-likeness (QED) is 0.611. The summed E-state index contributed by atoms with van der Waals surface area (Å²) in [5.74, 6) is -0.407. The van der Waals surface area contributed by atoms with E-state index in [4.69, 9.17) is 15.2 Å². The summed E-state index contributed by atoms with van der Waals surface area (Å²) in [5.41, 5.74) is 6.50. The third-order valence-corrected chi connectivity index (χ3v) is 3.86. The van der Waals surface area contributed by atoms with E-state index < -0.39 is 23.9 Å². The fourth-order valence-electron chi connectivity index (χ4n) is 2.37. The number of ether oxygens (including phenoxy) is 2. The molecule has 0 fully saturated rings. The van der Waals surface area contributed by atoms with Crippen molar-refractivity contribution in [1.82, 2.24) is 5.32 Å². The second-order valence-electron chi connectivity index (χ2n) is 5.98. The van der Waals surface area contributed by atoms with Gasteiger partial charge in [-0.15, -0.1) is 0 Å². The number of amides is 3. The molecule has 0 saturated heterocycles. The van der Waals surface area contributed by atoms with Gasteiger partial charge < -0.3 is 25.8 Å². The van der Waals surface area contributed by atoms with Gasteiger partial charge in [0, 0.05) is 12.1 Å². The molecule has 2 rings (SSSR count). The van der Waals surface area contributed by atoms with Gasteiger partial charge >= 0.3 is 6.09 Å². The van der Waals surface area contributed by atoms with Crippen LogP contribution in [0.4, 0.5) is 10.5 Å². The molecule has 8 nitrogen and oxygen atoms in total. The fraction of sp³-hybridized carbons (Fsp3) is 0.250. The van der Waals surface area contributed by atoms with Crippen LogP contribution in [0.15, 0.2) is 54.6 Å². The predicted octanol–water partition coefficient (Wildman–Crippen LogP) is 2.19. The Kier molecular flexibility index (Phi) is 7.83. The van der Waals surface area contributed by atoms with Crippen LogP contribution in [0.25, 0.3) is 0 Å². The molecule has 0 heterocycles. The van der Waals surface area contributed by atoms with Crippen LogP contribution < -0.4 is 21.1 Å². The van der Waals surface area contributed by atoms with Crippen LogP contribution in [0, 0.1) is 0 Å². The number of anilines is 1. The maximum absolute atomic E-state index is 12.5. The number of hydrogen-bond donors (Lipinski definition) is 3. The number of carbonyl (C=O) groups excluding carboxylic acids is 3. The van der Waals surface area contributed by atoms with Crippen LogP contribution in [0.2, 0.25) is 0 Å². The van der Waals surface area contributed by atoms with E-state index in [1.807, 2.05) is 30.3 Å². The van der Waals surface area contributed by atoms with Crippen molar-refractivity contribution in [1.29, 1.82) is 0 Å². The zero-order valence-corrected chi connectivity index (χ0v) is 15.5. The van der Waals surface area contributed by atoms with Crippen LogP contribution in [0.5, 0.6) is 5.75 Å². The molecule has 0 aliphatic heterocycles. The minimum atomic E-state index is -0.974. The average Bonchev–Trinajstić information content (AvgIpc) is 2.70. The van der Waals surface area contributed by atoms with Crippen molar-refractivity contribution in [3.8, 4) is 5.75 Å². The number of alkyl carbamates (subject to hydrolysis) is 1. The highest BCUT2D eigenvalue weighted by atomic mass is 16.5. The number of benzene rings is 2. The highest BCUT2D eigenvalue weighted by Gasteiger charge is 2.22. The van der Waals surface area contributed by atoms with Gasteiger partial charge in [0.1, 0.15) is 18.4 Å². The Morgan fingerprint density at radius 2 is 1.71 bits per heavy atom. The maximum atomic E-state index is 12.5. The van der Waals surface area contributed by atoms with Crippen molar-refractivity contribution in [3.05, 3.63) is 60.2 Å². The highest BCUT2D eigenvalue weighted by molar-refractivity contribution is 5.96. The smallest absolute Gasteiger partial charge is 0.408 e. The Morgan fingerprint density at radius 3 is 2.32 bits per heavy atom. The van der Waals surface area contributed by atoms with Gasteiger partial charge in [0.25, 0.3) is 0 Å². The highest BCUT2D eigenvalue weighted by Crippen LogP contribution is 2.15. The SMILES string of the molecule is COc1ccc(NC(=O)[C@@H](CCC(N)=O)NC(=O)OCc2ccccc2)cc1. The number of methoxy groups -OCH3 is 1. The minimum absolute atomic E-state index is 0.0533. The molecular formula is C20H23N3O5. The number of rotatable bonds is 9. The molecule has 2 aromatic rings. The summed E-state index contributed by atoms with van der Waals surface area (Å²) < 4.78 is 10.2. The van der Waals surface area contributed by atoms with E-state index in [0.717, 1.165) is 5.56 Å². The molecule has 1 atom stereocenters. The molecule has 2 aromatic carbocycles. The lowest BCUT2D eigenvalue weighted by molar-refractivity contribution is -0.119. The van der Waals surface area contributed by atoms with Crippen LogP contribution in [-0.2, 0) is 20.9 Å². The predicted molar refractivity (Wildman–Crippen MR) is 104 cm³/mol. The second-order valence-corrected chi connectivity index (χ2v) is 5.98. The van der Waals surface area contributed by atoms with Gasteiger partial charge in [-0.1, -0.05) is 30.3 Å². The van der Waals surface area contributed by atoms with Gasteiger partial charge in [0.2, 0.25) is 11.8 Å². The summed E-state index contributed by atoms with van der Waals surface area (Å²) >= 11 is 0. The van der Waals surface area contributed by atoms with Crippen molar-refractivity contribution in [2.75, 3.05) is 12.4 Å². The number of nitrogens with two attached hydrogens (primary N) is 1. The molecule has 0 spiro atoms. The topological polar surface area (TPSA) is 120 Å². The standard InChI is InChI=1S/C20H23N3O5/c1-27-16-9-7-15(8-10-16)22-19(25)17(11-12-18(21)24)23-20(26)28-13-14-5-3-2-4-6-14/h2-10,17H,11-13H2,1H3,(H2,21,24)(H,22,25)(H,23,26)/t17-/m1/s1. The molecule has 4 N–H and O–H groups in total. The molecule has 0 bridgehead atoms. The third-order valence-electron chi connectivity index (χ3n) is 3.86. The van der Waals surface area contributed by atoms with Crippen molar-refractivity contribution in [2.24, 2.45) is 5.73 Å². The zero-order chi connectivity index (χ0) is 20.4. The maximum Gasteiger partial charge on any atom is 0.408 e. The third kappa shape index (κ3) is 6.99. The monoisotopic (exact) mass is 385 g/mol. The first kappa shape index (κ1) is 20.8. The van der Waals surface area contributed by atoms with Gasteiger partial charge in [0.05, 0.1) is 7.11 Å². The van der Waals surface area contributed by atoms with Crippen LogP contribution in [0.1, 0.15) is 18.4 Å².